The molecule has 0 bridgehead atoms. The van der Waals surface area contributed by atoms with Gasteiger partial charge in [-0.2, -0.15) is 0 Å². The predicted molar refractivity (Wildman–Crippen MR) is 40.6 cm³/mol. The second kappa shape index (κ2) is 3.53. The third-order valence-electron chi connectivity index (χ3n) is 1.91. The standard InChI is InChI=1S/C7H12N2O3/c1-4-2-5(4)7(12)9-8-6(11)3-10/h4-5,10H,2-3H2,1H3,(H,8,11)(H,9,12)/t4-,5-/m1/s1. The average molecular weight is 172 g/mol. The van der Waals surface area contributed by atoms with E-state index in [4.69, 9.17) is 5.11 Å². The van der Waals surface area contributed by atoms with Crippen molar-refractivity contribution in [2.45, 2.75) is 13.3 Å². The van der Waals surface area contributed by atoms with Crippen LogP contribution in [0.25, 0.3) is 0 Å². The van der Waals surface area contributed by atoms with E-state index in [1.54, 1.807) is 0 Å². The number of nitrogens with one attached hydrogen (secondary N) is 2. The molecule has 0 aromatic carbocycles. The highest BCUT2D eigenvalue weighted by molar-refractivity contribution is 5.85. The van der Waals surface area contributed by atoms with Gasteiger partial charge < -0.3 is 5.11 Å². The maximum atomic E-state index is 11.0. The fourth-order valence-electron chi connectivity index (χ4n) is 0.951. The Morgan fingerprint density at radius 1 is 1.50 bits per heavy atom. The van der Waals surface area contributed by atoms with Crippen LogP contribution < -0.4 is 10.9 Å². The molecule has 0 saturated heterocycles. The van der Waals surface area contributed by atoms with Gasteiger partial charge in [0.05, 0.1) is 0 Å². The molecule has 1 saturated carbocycles. The molecule has 0 aromatic rings. The van der Waals surface area contributed by atoms with Gasteiger partial charge in [-0.3, -0.25) is 20.4 Å². The Kier molecular flexibility index (Phi) is 2.65. The van der Waals surface area contributed by atoms with Crippen LogP contribution in [0, 0.1) is 11.8 Å². The summed E-state index contributed by atoms with van der Waals surface area (Å²) in [4.78, 5) is 21.5. The van der Waals surface area contributed by atoms with E-state index in [0.717, 1.165) is 6.42 Å². The zero-order valence-corrected chi connectivity index (χ0v) is 6.83. The molecular weight excluding hydrogens is 160 g/mol. The Balaban J connectivity index is 2.15. The molecule has 1 aliphatic carbocycles. The molecule has 3 N–H and O–H groups in total. The minimum atomic E-state index is -0.611. The molecular formula is C7H12N2O3. The van der Waals surface area contributed by atoms with Crippen LogP contribution in [0.5, 0.6) is 0 Å². The molecule has 5 nitrogen and oxygen atoms in total. The van der Waals surface area contributed by atoms with E-state index in [1.165, 1.54) is 0 Å². The molecule has 0 aliphatic heterocycles. The summed E-state index contributed by atoms with van der Waals surface area (Å²) < 4.78 is 0. The van der Waals surface area contributed by atoms with Gasteiger partial charge in [-0.15, -0.1) is 0 Å². The number of carbonyl (C=O) groups is 2. The third kappa shape index (κ3) is 2.20. The zero-order chi connectivity index (χ0) is 9.14. The normalized spacial score (nSPS) is 26.2. The van der Waals surface area contributed by atoms with Crippen LogP contribution in [-0.4, -0.2) is 23.5 Å². The predicted octanol–water partition coefficient (Wildman–Crippen LogP) is -1.22. The maximum absolute atomic E-state index is 11.0. The van der Waals surface area contributed by atoms with Crippen LogP contribution in [0.3, 0.4) is 0 Å². The SMILES string of the molecule is C[C@@H]1C[C@H]1C(=O)NNC(=O)CO. The van der Waals surface area contributed by atoms with Crippen molar-refractivity contribution in [1.82, 2.24) is 10.9 Å². The summed E-state index contributed by atoms with van der Waals surface area (Å²) in [5.41, 5.74) is 4.31. The molecule has 2 atom stereocenters. The highest BCUT2D eigenvalue weighted by Gasteiger charge is 2.39. The van der Waals surface area contributed by atoms with Gasteiger partial charge in [0.15, 0.2) is 0 Å². The molecule has 2 amide bonds. The van der Waals surface area contributed by atoms with Crippen LogP contribution >= 0.6 is 0 Å². The second-order valence-corrected chi connectivity index (χ2v) is 3.02. The van der Waals surface area contributed by atoms with E-state index in [1.807, 2.05) is 6.92 Å². The van der Waals surface area contributed by atoms with Crippen molar-refractivity contribution in [1.29, 1.82) is 0 Å². The molecule has 0 spiro atoms. The lowest BCUT2D eigenvalue weighted by molar-refractivity contribution is -0.131. The van der Waals surface area contributed by atoms with Crippen molar-refractivity contribution in [2.24, 2.45) is 11.8 Å². The summed E-state index contributed by atoms with van der Waals surface area (Å²) in [6.45, 7) is 1.36. The van der Waals surface area contributed by atoms with E-state index in [9.17, 15) is 9.59 Å². The lowest BCUT2D eigenvalue weighted by Gasteiger charge is -2.03. The molecule has 0 heterocycles. The summed E-state index contributed by atoms with van der Waals surface area (Å²) in [6, 6.07) is 0. The third-order valence-corrected chi connectivity index (χ3v) is 1.91. The van der Waals surface area contributed by atoms with Crippen molar-refractivity contribution < 1.29 is 14.7 Å². The summed E-state index contributed by atoms with van der Waals surface area (Å²) in [6.07, 6.45) is 0.876. The summed E-state index contributed by atoms with van der Waals surface area (Å²) in [5, 5.41) is 8.29. The number of rotatable bonds is 2. The first-order valence-corrected chi connectivity index (χ1v) is 3.84. The largest absolute Gasteiger partial charge is 0.386 e. The van der Waals surface area contributed by atoms with Gasteiger partial charge in [0.2, 0.25) is 5.91 Å². The summed E-state index contributed by atoms with van der Waals surface area (Å²) >= 11 is 0. The number of amides is 2. The maximum Gasteiger partial charge on any atom is 0.264 e. The van der Waals surface area contributed by atoms with Crippen LogP contribution in [0.2, 0.25) is 0 Å². The van der Waals surface area contributed by atoms with Crippen molar-refractivity contribution in [3.8, 4) is 0 Å². The van der Waals surface area contributed by atoms with Gasteiger partial charge in [-0.25, -0.2) is 0 Å². The monoisotopic (exact) mass is 172 g/mol. The second-order valence-electron chi connectivity index (χ2n) is 3.02. The molecule has 0 aromatic heterocycles. The molecule has 1 fully saturated rings. The van der Waals surface area contributed by atoms with Crippen molar-refractivity contribution in [3.05, 3.63) is 0 Å². The number of hydrazine groups is 1. The van der Waals surface area contributed by atoms with Gasteiger partial charge in [0.25, 0.3) is 5.91 Å². The van der Waals surface area contributed by atoms with Crippen molar-refractivity contribution in [3.63, 3.8) is 0 Å². The van der Waals surface area contributed by atoms with Crippen LogP contribution in [0.1, 0.15) is 13.3 Å². The summed E-state index contributed by atoms with van der Waals surface area (Å²) in [7, 11) is 0. The Morgan fingerprint density at radius 2 is 2.08 bits per heavy atom. The number of hydrogen-bond donors (Lipinski definition) is 3. The highest BCUT2D eigenvalue weighted by atomic mass is 16.3. The molecule has 68 valence electrons. The molecule has 0 unspecified atom stereocenters. The van der Waals surface area contributed by atoms with E-state index in [0.29, 0.717) is 5.92 Å². The van der Waals surface area contributed by atoms with Crippen LogP contribution in [-0.2, 0) is 9.59 Å². The molecule has 0 radical (unpaired) electrons. The van der Waals surface area contributed by atoms with Crippen LogP contribution in [0.4, 0.5) is 0 Å². The Bertz CT molecular complexity index is 205. The quantitative estimate of drug-likeness (QED) is 0.457. The molecule has 12 heavy (non-hydrogen) atoms. The van der Waals surface area contributed by atoms with Gasteiger partial charge in [-0.05, 0) is 12.3 Å². The first-order valence-electron chi connectivity index (χ1n) is 3.84. The molecule has 1 rings (SSSR count). The fraction of sp³-hybridized carbons (Fsp3) is 0.714. The molecule has 1 aliphatic rings. The first kappa shape index (κ1) is 8.99. The number of carbonyl (C=O) groups excluding carboxylic acids is 2. The zero-order valence-electron chi connectivity index (χ0n) is 6.83. The van der Waals surface area contributed by atoms with E-state index >= 15 is 0 Å². The van der Waals surface area contributed by atoms with E-state index < -0.39 is 12.5 Å². The van der Waals surface area contributed by atoms with Gasteiger partial charge in [0, 0.05) is 5.92 Å². The Morgan fingerprint density at radius 3 is 2.50 bits per heavy atom. The minimum Gasteiger partial charge on any atom is -0.386 e. The number of aliphatic hydroxyl groups excluding tert-OH is 1. The van der Waals surface area contributed by atoms with E-state index in [-0.39, 0.29) is 11.8 Å². The molecule has 5 heteroatoms. The topological polar surface area (TPSA) is 78.4 Å². The van der Waals surface area contributed by atoms with Gasteiger partial charge in [0.1, 0.15) is 6.61 Å². The van der Waals surface area contributed by atoms with Gasteiger partial charge in [-0.1, -0.05) is 6.92 Å². The lowest BCUT2D eigenvalue weighted by Crippen LogP contribution is -2.43. The average Bonchev–Trinajstić information content (AvgIpc) is 2.77. The summed E-state index contributed by atoms with van der Waals surface area (Å²) in [5.74, 6) is -0.332. The fourth-order valence-corrected chi connectivity index (χ4v) is 0.951. The minimum absolute atomic E-state index is 0.0315. The Hall–Kier alpha value is -1.10. The van der Waals surface area contributed by atoms with Crippen molar-refractivity contribution >= 4 is 11.8 Å². The van der Waals surface area contributed by atoms with Gasteiger partial charge >= 0.3 is 0 Å². The Labute approximate surface area is 70.1 Å². The first-order chi connectivity index (χ1) is 5.65. The van der Waals surface area contributed by atoms with E-state index in [2.05, 4.69) is 10.9 Å². The van der Waals surface area contributed by atoms with Crippen molar-refractivity contribution in [2.75, 3.05) is 6.61 Å². The number of hydrogen-bond acceptors (Lipinski definition) is 3. The van der Waals surface area contributed by atoms with Crippen LogP contribution in [0.15, 0.2) is 0 Å². The highest BCUT2D eigenvalue weighted by Crippen LogP contribution is 2.37. The number of aliphatic hydroxyl groups is 1. The lowest BCUT2D eigenvalue weighted by atomic mass is 10.3. The smallest absolute Gasteiger partial charge is 0.264 e.